The van der Waals surface area contributed by atoms with Crippen LogP contribution >= 0.6 is 0 Å². The van der Waals surface area contributed by atoms with E-state index in [4.69, 9.17) is 5.73 Å². The van der Waals surface area contributed by atoms with Crippen LogP contribution in [0.2, 0.25) is 0 Å². The molecule has 0 fully saturated rings. The SMILES string of the molecule is CCC(N)(CC)CNC(=O)C(F)(F)F. The molecule has 84 valence electrons. The third-order valence-electron chi connectivity index (χ3n) is 2.27. The molecule has 0 aromatic rings. The lowest BCUT2D eigenvalue weighted by atomic mass is 9.94. The molecule has 0 rings (SSSR count). The molecule has 0 unspecified atom stereocenters. The van der Waals surface area contributed by atoms with Gasteiger partial charge in [0.1, 0.15) is 0 Å². The van der Waals surface area contributed by atoms with Crippen molar-refractivity contribution in [3.8, 4) is 0 Å². The number of rotatable bonds is 4. The molecule has 0 bridgehead atoms. The van der Waals surface area contributed by atoms with Gasteiger partial charge in [-0.3, -0.25) is 4.79 Å². The number of carbonyl (C=O) groups excluding carboxylic acids is 1. The van der Waals surface area contributed by atoms with Gasteiger partial charge in [-0.1, -0.05) is 13.8 Å². The second-order valence-corrected chi connectivity index (χ2v) is 3.25. The fraction of sp³-hybridized carbons (Fsp3) is 0.875. The highest BCUT2D eigenvalue weighted by atomic mass is 19.4. The second-order valence-electron chi connectivity index (χ2n) is 3.25. The monoisotopic (exact) mass is 212 g/mol. The van der Waals surface area contributed by atoms with Crippen molar-refractivity contribution in [2.75, 3.05) is 6.54 Å². The fourth-order valence-corrected chi connectivity index (χ4v) is 0.857. The molecule has 0 atom stereocenters. The normalized spacial score (nSPS) is 12.7. The van der Waals surface area contributed by atoms with Crippen molar-refractivity contribution < 1.29 is 18.0 Å². The Morgan fingerprint density at radius 3 is 2.00 bits per heavy atom. The smallest absolute Gasteiger partial charge is 0.346 e. The Morgan fingerprint density at radius 2 is 1.71 bits per heavy atom. The van der Waals surface area contributed by atoms with E-state index in [1.54, 1.807) is 19.2 Å². The average Bonchev–Trinajstić information content (AvgIpc) is 2.12. The van der Waals surface area contributed by atoms with Crippen molar-refractivity contribution in [2.45, 2.75) is 38.4 Å². The van der Waals surface area contributed by atoms with Gasteiger partial charge < -0.3 is 11.1 Å². The average molecular weight is 212 g/mol. The van der Waals surface area contributed by atoms with Gasteiger partial charge in [-0.25, -0.2) is 0 Å². The third kappa shape index (κ3) is 3.95. The lowest BCUT2D eigenvalue weighted by molar-refractivity contribution is -0.173. The number of halogens is 3. The van der Waals surface area contributed by atoms with Crippen molar-refractivity contribution in [2.24, 2.45) is 5.73 Å². The molecule has 0 radical (unpaired) electrons. The summed E-state index contributed by atoms with van der Waals surface area (Å²) < 4.78 is 35.3. The minimum absolute atomic E-state index is 0.154. The van der Waals surface area contributed by atoms with Crippen LogP contribution in [0.5, 0.6) is 0 Å². The molecule has 0 aliphatic rings. The van der Waals surface area contributed by atoms with Crippen LogP contribution in [0.1, 0.15) is 26.7 Å². The van der Waals surface area contributed by atoms with E-state index < -0.39 is 17.6 Å². The highest BCUT2D eigenvalue weighted by Crippen LogP contribution is 2.15. The standard InChI is InChI=1S/C8H15F3N2O/c1-3-7(12,4-2)5-13-6(14)8(9,10)11/h3-5,12H2,1-2H3,(H,13,14). The summed E-state index contributed by atoms with van der Waals surface area (Å²) in [6.45, 7) is 3.38. The van der Waals surface area contributed by atoms with Gasteiger partial charge in [0, 0.05) is 12.1 Å². The molecular formula is C8H15F3N2O. The highest BCUT2D eigenvalue weighted by Gasteiger charge is 2.39. The Hall–Kier alpha value is -0.780. The van der Waals surface area contributed by atoms with Crippen LogP contribution in [-0.4, -0.2) is 24.2 Å². The number of alkyl halides is 3. The van der Waals surface area contributed by atoms with Crippen LogP contribution in [0, 0.1) is 0 Å². The minimum atomic E-state index is -4.83. The maximum absolute atomic E-state index is 11.8. The molecule has 0 aliphatic heterocycles. The molecule has 3 N–H and O–H groups in total. The molecule has 0 aromatic heterocycles. The molecule has 0 aliphatic carbocycles. The molecule has 0 spiro atoms. The number of hydrogen-bond acceptors (Lipinski definition) is 2. The summed E-state index contributed by atoms with van der Waals surface area (Å²) in [5, 5.41) is 1.78. The lowest BCUT2D eigenvalue weighted by Gasteiger charge is -2.26. The van der Waals surface area contributed by atoms with E-state index in [-0.39, 0.29) is 6.54 Å². The fourth-order valence-electron chi connectivity index (χ4n) is 0.857. The zero-order valence-corrected chi connectivity index (χ0v) is 8.24. The van der Waals surface area contributed by atoms with Gasteiger partial charge in [-0.05, 0) is 12.8 Å². The van der Waals surface area contributed by atoms with Crippen molar-refractivity contribution in [1.29, 1.82) is 0 Å². The van der Waals surface area contributed by atoms with Gasteiger partial charge in [-0.2, -0.15) is 13.2 Å². The van der Waals surface area contributed by atoms with Crippen LogP contribution in [0.15, 0.2) is 0 Å². The first-order valence-corrected chi connectivity index (χ1v) is 4.39. The summed E-state index contributed by atoms with van der Waals surface area (Å²) in [4.78, 5) is 10.5. The van der Waals surface area contributed by atoms with Crippen molar-refractivity contribution in [1.82, 2.24) is 5.32 Å². The molecule has 1 amide bonds. The zero-order chi connectivity index (χ0) is 11.4. The van der Waals surface area contributed by atoms with E-state index in [9.17, 15) is 18.0 Å². The Labute approximate surface area is 80.8 Å². The second kappa shape index (κ2) is 4.63. The molecule has 3 nitrogen and oxygen atoms in total. The summed E-state index contributed by atoms with van der Waals surface area (Å²) in [6, 6.07) is 0. The molecule has 14 heavy (non-hydrogen) atoms. The van der Waals surface area contributed by atoms with Crippen molar-refractivity contribution in [3.63, 3.8) is 0 Å². The van der Waals surface area contributed by atoms with Crippen LogP contribution in [0.3, 0.4) is 0 Å². The largest absolute Gasteiger partial charge is 0.471 e. The highest BCUT2D eigenvalue weighted by molar-refractivity contribution is 5.81. The Kier molecular flexibility index (Phi) is 4.38. The number of carbonyl (C=O) groups is 1. The number of nitrogens with two attached hydrogens (primary N) is 1. The van der Waals surface area contributed by atoms with Gasteiger partial charge in [0.25, 0.3) is 0 Å². The molecule has 0 saturated heterocycles. The van der Waals surface area contributed by atoms with E-state index >= 15 is 0 Å². The van der Waals surface area contributed by atoms with Crippen LogP contribution in [-0.2, 0) is 4.79 Å². The Balaban J connectivity index is 4.12. The predicted octanol–water partition coefficient (Wildman–Crippen LogP) is 1.18. The van der Waals surface area contributed by atoms with Crippen LogP contribution in [0.4, 0.5) is 13.2 Å². The molecule has 0 saturated carbocycles. The molecular weight excluding hydrogens is 197 g/mol. The van der Waals surface area contributed by atoms with E-state index in [0.717, 1.165) is 0 Å². The van der Waals surface area contributed by atoms with Crippen molar-refractivity contribution in [3.05, 3.63) is 0 Å². The maximum Gasteiger partial charge on any atom is 0.471 e. The number of hydrogen-bond donors (Lipinski definition) is 2. The van der Waals surface area contributed by atoms with Gasteiger partial charge >= 0.3 is 12.1 Å². The van der Waals surface area contributed by atoms with Crippen molar-refractivity contribution >= 4 is 5.91 Å². The predicted molar refractivity (Wildman–Crippen MR) is 46.6 cm³/mol. The maximum atomic E-state index is 11.8. The van der Waals surface area contributed by atoms with Gasteiger partial charge in [0.05, 0.1) is 0 Å². The van der Waals surface area contributed by atoms with E-state index in [0.29, 0.717) is 12.8 Å². The van der Waals surface area contributed by atoms with E-state index in [1.165, 1.54) is 0 Å². The summed E-state index contributed by atoms with van der Waals surface area (Å²) in [7, 11) is 0. The van der Waals surface area contributed by atoms with Crippen LogP contribution in [0.25, 0.3) is 0 Å². The summed E-state index contributed by atoms with van der Waals surface area (Å²) in [6.07, 6.45) is -3.80. The Morgan fingerprint density at radius 1 is 1.29 bits per heavy atom. The first kappa shape index (κ1) is 13.2. The zero-order valence-electron chi connectivity index (χ0n) is 8.24. The van der Waals surface area contributed by atoms with E-state index in [2.05, 4.69) is 0 Å². The molecule has 0 aromatic carbocycles. The van der Waals surface area contributed by atoms with Crippen LogP contribution < -0.4 is 11.1 Å². The molecule has 0 heterocycles. The van der Waals surface area contributed by atoms with E-state index in [1.807, 2.05) is 0 Å². The Bertz CT molecular complexity index is 199. The van der Waals surface area contributed by atoms with Gasteiger partial charge in [0.15, 0.2) is 0 Å². The van der Waals surface area contributed by atoms with Gasteiger partial charge in [-0.15, -0.1) is 0 Å². The summed E-state index contributed by atoms with van der Waals surface area (Å²) in [5.41, 5.74) is 4.96. The summed E-state index contributed by atoms with van der Waals surface area (Å²) >= 11 is 0. The lowest BCUT2D eigenvalue weighted by Crippen LogP contribution is -2.51. The first-order chi connectivity index (χ1) is 6.25. The first-order valence-electron chi connectivity index (χ1n) is 4.39. The number of nitrogens with one attached hydrogen (secondary N) is 1. The minimum Gasteiger partial charge on any atom is -0.346 e. The molecule has 6 heteroatoms. The quantitative estimate of drug-likeness (QED) is 0.735. The topological polar surface area (TPSA) is 55.1 Å². The summed E-state index contributed by atoms with van der Waals surface area (Å²) in [5.74, 6) is -1.94. The third-order valence-corrected chi connectivity index (χ3v) is 2.27. The van der Waals surface area contributed by atoms with Gasteiger partial charge in [0.2, 0.25) is 0 Å². The number of amides is 1.